The highest BCUT2D eigenvalue weighted by Crippen LogP contribution is 2.31. The third-order valence-corrected chi connectivity index (χ3v) is 3.19. The molecule has 2 fully saturated rings. The standard InChI is InChI=1S/C11H18N2O3/c1-8(14)10(15)12-4-6-13(7-5-12)11(16)9-2-3-9/h8-9,14H,2-7H2,1H3. The molecule has 5 heteroatoms. The van der Waals surface area contributed by atoms with Gasteiger partial charge in [0.05, 0.1) is 0 Å². The van der Waals surface area contributed by atoms with Crippen LogP contribution in [0, 0.1) is 5.92 Å². The monoisotopic (exact) mass is 226 g/mol. The van der Waals surface area contributed by atoms with Crippen LogP contribution in [0.5, 0.6) is 0 Å². The summed E-state index contributed by atoms with van der Waals surface area (Å²) in [5, 5.41) is 9.17. The van der Waals surface area contributed by atoms with E-state index in [1.54, 1.807) is 4.90 Å². The minimum atomic E-state index is -0.939. The van der Waals surface area contributed by atoms with Crippen LogP contribution in [-0.4, -0.2) is 59.0 Å². The minimum Gasteiger partial charge on any atom is -0.384 e. The molecule has 0 radical (unpaired) electrons. The van der Waals surface area contributed by atoms with E-state index in [9.17, 15) is 14.7 Å². The fourth-order valence-corrected chi connectivity index (χ4v) is 2.00. The minimum absolute atomic E-state index is 0.237. The van der Waals surface area contributed by atoms with Crippen molar-refractivity contribution in [1.29, 1.82) is 0 Å². The number of carbonyl (C=O) groups is 2. The van der Waals surface area contributed by atoms with Gasteiger partial charge in [-0.25, -0.2) is 0 Å². The van der Waals surface area contributed by atoms with E-state index in [2.05, 4.69) is 0 Å². The van der Waals surface area contributed by atoms with E-state index in [4.69, 9.17) is 0 Å². The maximum atomic E-state index is 11.7. The predicted octanol–water partition coefficient (Wildman–Crippen LogP) is -0.552. The van der Waals surface area contributed by atoms with Crippen molar-refractivity contribution < 1.29 is 14.7 Å². The number of hydrogen-bond acceptors (Lipinski definition) is 3. The van der Waals surface area contributed by atoms with Crippen LogP contribution in [0.4, 0.5) is 0 Å². The molecule has 0 bridgehead atoms. The van der Waals surface area contributed by atoms with Gasteiger partial charge in [0.25, 0.3) is 5.91 Å². The van der Waals surface area contributed by atoms with E-state index in [0.717, 1.165) is 12.8 Å². The number of rotatable bonds is 2. The number of aliphatic hydroxyl groups is 1. The number of hydrogen-bond donors (Lipinski definition) is 1. The van der Waals surface area contributed by atoms with Crippen molar-refractivity contribution >= 4 is 11.8 Å². The van der Waals surface area contributed by atoms with Gasteiger partial charge in [0.15, 0.2) is 0 Å². The molecule has 5 nitrogen and oxygen atoms in total. The topological polar surface area (TPSA) is 60.9 Å². The summed E-state index contributed by atoms with van der Waals surface area (Å²) in [6.45, 7) is 3.77. The van der Waals surface area contributed by atoms with Crippen molar-refractivity contribution in [1.82, 2.24) is 9.80 Å². The molecule has 1 atom stereocenters. The molecule has 0 aromatic heterocycles. The molecule has 1 aliphatic heterocycles. The highest BCUT2D eigenvalue weighted by molar-refractivity contribution is 5.82. The summed E-state index contributed by atoms with van der Waals surface area (Å²) >= 11 is 0. The highest BCUT2D eigenvalue weighted by atomic mass is 16.3. The molecule has 2 rings (SSSR count). The molecule has 2 amide bonds. The van der Waals surface area contributed by atoms with Crippen LogP contribution >= 0.6 is 0 Å². The quantitative estimate of drug-likeness (QED) is 0.687. The molecule has 1 saturated heterocycles. The summed E-state index contributed by atoms with van der Waals surface area (Å²) in [5.41, 5.74) is 0. The molecule has 16 heavy (non-hydrogen) atoms. The Kier molecular flexibility index (Phi) is 3.14. The van der Waals surface area contributed by atoms with Crippen molar-refractivity contribution in [2.24, 2.45) is 5.92 Å². The summed E-state index contributed by atoms with van der Waals surface area (Å²) in [5.74, 6) is 0.252. The lowest BCUT2D eigenvalue weighted by atomic mass is 10.2. The van der Waals surface area contributed by atoms with Crippen molar-refractivity contribution in [2.45, 2.75) is 25.9 Å². The van der Waals surface area contributed by atoms with Crippen molar-refractivity contribution in [2.75, 3.05) is 26.2 Å². The smallest absolute Gasteiger partial charge is 0.251 e. The zero-order chi connectivity index (χ0) is 11.7. The van der Waals surface area contributed by atoms with E-state index >= 15 is 0 Å². The molecule has 90 valence electrons. The lowest BCUT2D eigenvalue weighted by Gasteiger charge is -2.35. The Hall–Kier alpha value is -1.10. The number of piperazine rings is 1. The summed E-state index contributed by atoms with van der Waals surface area (Å²) in [7, 11) is 0. The number of amides is 2. The predicted molar refractivity (Wildman–Crippen MR) is 57.6 cm³/mol. The Morgan fingerprint density at radius 1 is 1.12 bits per heavy atom. The average Bonchev–Trinajstić information content (AvgIpc) is 3.11. The van der Waals surface area contributed by atoms with Gasteiger partial charge in [-0.3, -0.25) is 9.59 Å². The second kappa shape index (κ2) is 4.41. The molecule has 2 aliphatic rings. The molecule has 1 N–H and O–H groups in total. The molecule has 0 spiro atoms. The first-order valence-electron chi connectivity index (χ1n) is 5.85. The van der Waals surface area contributed by atoms with E-state index in [0.29, 0.717) is 26.2 Å². The fraction of sp³-hybridized carbons (Fsp3) is 0.818. The molecule has 1 heterocycles. The van der Waals surface area contributed by atoms with Crippen LogP contribution in [-0.2, 0) is 9.59 Å². The van der Waals surface area contributed by atoms with Crippen LogP contribution < -0.4 is 0 Å². The third kappa shape index (κ3) is 2.35. The van der Waals surface area contributed by atoms with Gasteiger partial charge >= 0.3 is 0 Å². The van der Waals surface area contributed by atoms with Crippen LogP contribution in [0.15, 0.2) is 0 Å². The van der Waals surface area contributed by atoms with E-state index in [-0.39, 0.29) is 17.7 Å². The third-order valence-electron chi connectivity index (χ3n) is 3.19. The van der Waals surface area contributed by atoms with Gasteiger partial charge in [0.1, 0.15) is 6.10 Å². The lowest BCUT2D eigenvalue weighted by Crippen LogP contribution is -2.52. The largest absolute Gasteiger partial charge is 0.384 e. The maximum Gasteiger partial charge on any atom is 0.251 e. The number of aliphatic hydroxyl groups excluding tert-OH is 1. The molecule has 0 aromatic carbocycles. The summed E-state index contributed by atoms with van der Waals surface area (Å²) in [6, 6.07) is 0. The van der Waals surface area contributed by atoms with E-state index < -0.39 is 6.10 Å². The van der Waals surface area contributed by atoms with E-state index in [1.807, 2.05) is 4.90 Å². The average molecular weight is 226 g/mol. The van der Waals surface area contributed by atoms with Gasteiger partial charge in [0, 0.05) is 32.1 Å². The van der Waals surface area contributed by atoms with Crippen LogP contribution in [0.2, 0.25) is 0 Å². The first kappa shape index (κ1) is 11.4. The Balaban J connectivity index is 1.82. The molecular formula is C11H18N2O3. The summed E-state index contributed by atoms with van der Waals surface area (Å²) in [4.78, 5) is 26.7. The number of nitrogens with zero attached hydrogens (tertiary/aromatic N) is 2. The second-order valence-electron chi connectivity index (χ2n) is 4.60. The lowest BCUT2D eigenvalue weighted by molar-refractivity contribution is -0.145. The zero-order valence-corrected chi connectivity index (χ0v) is 9.56. The Morgan fingerprint density at radius 3 is 2.06 bits per heavy atom. The maximum absolute atomic E-state index is 11.7. The van der Waals surface area contributed by atoms with Crippen molar-refractivity contribution in [3.05, 3.63) is 0 Å². The highest BCUT2D eigenvalue weighted by Gasteiger charge is 2.35. The van der Waals surface area contributed by atoms with Crippen molar-refractivity contribution in [3.63, 3.8) is 0 Å². The van der Waals surface area contributed by atoms with Gasteiger partial charge in [-0.05, 0) is 19.8 Å². The molecule has 1 aliphatic carbocycles. The first-order chi connectivity index (χ1) is 7.59. The molecule has 0 aromatic rings. The van der Waals surface area contributed by atoms with Gasteiger partial charge in [0.2, 0.25) is 5.91 Å². The normalized spacial score (nSPS) is 23.1. The first-order valence-corrected chi connectivity index (χ1v) is 5.85. The van der Waals surface area contributed by atoms with Gasteiger partial charge in [-0.15, -0.1) is 0 Å². The zero-order valence-electron chi connectivity index (χ0n) is 9.56. The molecule has 1 saturated carbocycles. The summed E-state index contributed by atoms with van der Waals surface area (Å²) < 4.78 is 0. The molecular weight excluding hydrogens is 208 g/mol. The Morgan fingerprint density at radius 2 is 1.62 bits per heavy atom. The van der Waals surface area contributed by atoms with Crippen LogP contribution in [0.1, 0.15) is 19.8 Å². The fourth-order valence-electron chi connectivity index (χ4n) is 2.00. The number of carbonyl (C=O) groups excluding carboxylic acids is 2. The van der Waals surface area contributed by atoms with Gasteiger partial charge in [-0.1, -0.05) is 0 Å². The van der Waals surface area contributed by atoms with Gasteiger partial charge in [-0.2, -0.15) is 0 Å². The Bertz CT molecular complexity index is 270. The second-order valence-corrected chi connectivity index (χ2v) is 4.60. The van der Waals surface area contributed by atoms with Crippen LogP contribution in [0.3, 0.4) is 0 Å². The van der Waals surface area contributed by atoms with Crippen molar-refractivity contribution in [3.8, 4) is 0 Å². The SMILES string of the molecule is CC(O)C(=O)N1CCN(C(=O)C2CC2)CC1. The summed E-state index contributed by atoms with van der Waals surface area (Å²) in [6.07, 6.45) is 1.10. The van der Waals surface area contributed by atoms with Gasteiger partial charge < -0.3 is 14.9 Å². The molecule has 1 unspecified atom stereocenters. The van der Waals surface area contributed by atoms with E-state index in [1.165, 1.54) is 6.92 Å². The Labute approximate surface area is 95.0 Å². The van der Waals surface area contributed by atoms with Crippen LogP contribution in [0.25, 0.3) is 0 Å².